The Labute approximate surface area is 129 Å². The van der Waals surface area contributed by atoms with E-state index in [-0.39, 0.29) is 11.9 Å². The summed E-state index contributed by atoms with van der Waals surface area (Å²) in [5.74, 6) is -0.0120. The van der Waals surface area contributed by atoms with Crippen molar-refractivity contribution in [2.45, 2.75) is 38.0 Å². The predicted octanol–water partition coefficient (Wildman–Crippen LogP) is 0.774. The van der Waals surface area contributed by atoms with Crippen molar-refractivity contribution >= 4 is 11.7 Å². The Morgan fingerprint density at radius 1 is 1.23 bits per heavy atom. The summed E-state index contributed by atoms with van der Waals surface area (Å²) in [6, 6.07) is 5.07. The Balaban J connectivity index is 1.79. The molecule has 0 saturated carbocycles. The van der Waals surface area contributed by atoms with E-state index in [0.717, 1.165) is 24.8 Å². The number of fused-ring (bicyclic) bond motifs is 1. The summed E-state index contributed by atoms with van der Waals surface area (Å²) in [5.41, 5.74) is 6.58. The lowest BCUT2D eigenvalue weighted by molar-refractivity contribution is -0.140. The molecule has 1 saturated heterocycles. The van der Waals surface area contributed by atoms with Gasteiger partial charge in [0.05, 0.1) is 0 Å². The van der Waals surface area contributed by atoms with E-state index < -0.39 is 12.0 Å². The van der Waals surface area contributed by atoms with Crippen molar-refractivity contribution in [1.82, 2.24) is 5.32 Å². The molecule has 0 spiro atoms. The van der Waals surface area contributed by atoms with Crippen LogP contribution in [-0.2, 0) is 16.1 Å². The standard InChI is InChI=1S/C16H20N2O4/c17-16(20)10-4-5-11-8-18-9-14(22-13(11)7-10)15(19)12-3-1-2-6-21-12/h4-5,7,12,14,18H,1-3,6,8-9H2,(H2,17,20)/t12-,14?/m1/s1. The van der Waals surface area contributed by atoms with Gasteiger partial charge in [0, 0.05) is 30.8 Å². The molecule has 2 aliphatic rings. The topological polar surface area (TPSA) is 90.7 Å². The molecule has 1 aromatic carbocycles. The zero-order valence-corrected chi connectivity index (χ0v) is 12.3. The quantitative estimate of drug-likeness (QED) is 0.861. The number of hydrogen-bond donors (Lipinski definition) is 2. The van der Waals surface area contributed by atoms with Gasteiger partial charge in [0.2, 0.25) is 11.7 Å². The van der Waals surface area contributed by atoms with E-state index in [9.17, 15) is 9.59 Å². The summed E-state index contributed by atoms with van der Waals surface area (Å²) in [7, 11) is 0. The molecule has 2 heterocycles. The molecule has 0 radical (unpaired) electrons. The molecule has 1 unspecified atom stereocenters. The maximum absolute atomic E-state index is 12.6. The summed E-state index contributed by atoms with van der Waals surface area (Å²) < 4.78 is 11.4. The van der Waals surface area contributed by atoms with E-state index in [1.165, 1.54) is 0 Å². The number of benzene rings is 1. The van der Waals surface area contributed by atoms with Crippen LogP contribution in [0.2, 0.25) is 0 Å². The van der Waals surface area contributed by atoms with E-state index in [1.54, 1.807) is 18.2 Å². The Morgan fingerprint density at radius 2 is 2.09 bits per heavy atom. The molecule has 2 aliphatic heterocycles. The highest BCUT2D eigenvalue weighted by atomic mass is 16.5. The number of Topliss-reactive ketones (excluding diaryl/α,β-unsaturated/α-hetero) is 1. The minimum atomic E-state index is -0.604. The zero-order chi connectivity index (χ0) is 15.5. The number of nitrogens with two attached hydrogens (primary N) is 1. The first kappa shape index (κ1) is 15.0. The third-order valence-corrected chi connectivity index (χ3v) is 4.08. The number of rotatable bonds is 3. The number of hydrogen-bond acceptors (Lipinski definition) is 5. The monoisotopic (exact) mass is 304 g/mol. The van der Waals surface area contributed by atoms with Crippen molar-refractivity contribution in [2.24, 2.45) is 5.73 Å². The van der Waals surface area contributed by atoms with Gasteiger partial charge in [-0.15, -0.1) is 0 Å². The molecule has 22 heavy (non-hydrogen) atoms. The first-order chi connectivity index (χ1) is 10.6. The van der Waals surface area contributed by atoms with Crippen molar-refractivity contribution in [1.29, 1.82) is 0 Å². The maximum atomic E-state index is 12.6. The van der Waals surface area contributed by atoms with Gasteiger partial charge in [-0.1, -0.05) is 6.07 Å². The van der Waals surface area contributed by atoms with Crippen molar-refractivity contribution in [3.8, 4) is 5.75 Å². The lowest BCUT2D eigenvalue weighted by Crippen LogP contribution is -2.43. The first-order valence-corrected chi connectivity index (χ1v) is 7.60. The van der Waals surface area contributed by atoms with Gasteiger partial charge in [0.15, 0.2) is 6.10 Å². The highest BCUT2D eigenvalue weighted by Gasteiger charge is 2.32. The lowest BCUT2D eigenvalue weighted by Gasteiger charge is -2.25. The molecule has 0 bridgehead atoms. The maximum Gasteiger partial charge on any atom is 0.248 e. The summed E-state index contributed by atoms with van der Waals surface area (Å²) in [4.78, 5) is 23.9. The Kier molecular flexibility index (Phi) is 4.40. The summed E-state index contributed by atoms with van der Waals surface area (Å²) in [6.45, 7) is 1.64. The molecule has 3 rings (SSSR count). The van der Waals surface area contributed by atoms with E-state index in [0.29, 0.717) is 31.0 Å². The largest absolute Gasteiger partial charge is 0.481 e. The number of nitrogens with one attached hydrogen (secondary N) is 1. The number of ketones is 1. The van der Waals surface area contributed by atoms with Gasteiger partial charge in [0.25, 0.3) is 0 Å². The van der Waals surface area contributed by atoms with Gasteiger partial charge in [-0.05, 0) is 31.4 Å². The van der Waals surface area contributed by atoms with Crippen LogP contribution in [0.5, 0.6) is 5.75 Å². The van der Waals surface area contributed by atoms with Crippen molar-refractivity contribution in [2.75, 3.05) is 13.2 Å². The van der Waals surface area contributed by atoms with E-state index >= 15 is 0 Å². The van der Waals surface area contributed by atoms with Crippen molar-refractivity contribution in [3.63, 3.8) is 0 Å². The summed E-state index contributed by atoms with van der Waals surface area (Å²) in [5, 5.41) is 3.20. The number of amides is 1. The highest BCUT2D eigenvalue weighted by molar-refractivity contribution is 5.93. The van der Waals surface area contributed by atoms with Crippen molar-refractivity contribution in [3.05, 3.63) is 29.3 Å². The van der Waals surface area contributed by atoms with E-state index in [1.807, 2.05) is 0 Å². The van der Waals surface area contributed by atoms with Crippen LogP contribution in [0.1, 0.15) is 35.2 Å². The fourth-order valence-electron chi connectivity index (χ4n) is 2.83. The molecule has 1 fully saturated rings. The van der Waals surface area contributed by atoms with Gasteiger partial charge in [-0.3, -0.25) is 9.59 Å². The van der Waals surface area contributed by atoms with Gasteiger partial charge >= 0.3 is 0 Å². The van der Waals surface area contributed by atoms with Gasteiger partial charge in [-0.25, -0.2) is 0 Å². The third kappa shape index (κ3) is 3.13. The lowest BCUT2D eigenvalue weighted by atomic mass is 10.0. The van der Waals surface area contributed by atoms with Crippen LogP contribution in [-0.4, -0.2) is 37.0 Å². The Morgan fingerprint density at radius 3 is 2.82 bits per heavy atom. The Hall–Kier alpha value is -1.92. The van der Waals surface area contributed by atoms with Crippen LogP contribution in [0.3, 0.4) is 0 Å². The third-order valence-electron chi connectivity index (χ3n) is 4.08. The molecule has 6 nitrogen and oxygen atoms in total. The van der Waals surface area contributed by atoms with Crippen LogP contribution < -0.4 is 15.8 Å². The minimum Gasteiger partial charge on any atom is -0.481 e. The SMILES string of the molecule is NC(=O)c1ccc2c(c1)OC(C(=O)[C@H]1CCCCO1)CNC2. The fraction of sp³-hybridized carbons (Fsp3) is 0.500. The fourth-order valence-corrected chi connectivity index (χ4v) is 2.83. The van der Waals surface area contributed by atoms with E-state index in [4.69, 9.17) is 15.2 Å². The van der Waals surface area contributed by atoms with E-state index in [2.05, 4.69) is 5.32 Å². The number of carbonyl (C=O) groups excluding carboxylic acids is 2. The van der Waals surface area contributed by atoms with Gasteiger partial charge in [0.1, 0.15) is 11.9 Å². The molecule has 0 aromatic heterocycles. The summed E-state index contributed by atoms with van der Waals surface area (Å²) in [6.07, 6.45) is 1.75. The normalized spacial score (nSPS) is 24.7. The number of primary amides is 1. The Bertz CT molecular complexity index is 582. The summed E-state index contributed by atoms with van der Waals surface area (Å²) >= 11 is 0. The van der Waals surface area contributed by atoms with Crippen LogP contribution >= 0.6 is 0 Å². The second kappa shape index (κ2) is 6.46. The minimum absolute atomic E-state index is 0.0375. The molecule has 1 aromatic rings. The highest BCUT2D eigenvalue weighted by Crippen LogP contribution is 2.25. The molecule has 1 amide bonds. The number of ether oxygens (including phenoxy) is 2. The van der Waals surface area contributed by atoms with Crippen molar-refractivity contribution < 1.29 is 19.1 Å². The van der Waals surface area contributed by atoms with Crippen LogP contribution in [0.25, 0.3) is 0 Å². The van der Waals surface area contributed by atoms with Gasteiger partial charge in [-0.2, -0.15) is 0 Å². The van der Waals surface area contributed by atoms with Crippen LogP contribution in [0, 0.1) is 0 Å². The molecule has 2 atom stereocenters. The molecular weight excluding hydrogens is 284 g/mol. The van der Waals surface area contributed by atoms with Gasteiger partial charge < -0.3 is 20.5 Å². The second-order valence-electron chi connectivity index (χ2n) is 5.68. The molecular formula is C16H20N2O4. The average Bonchev–Trinajstić information content (AvgIpc) is 2.76. The second-order valence-corrected chi connectivity index (χ2v) is 5.68. The van der Waals surface area contributed by atoms with Crippen LogP contribution in [0.4, 0.5) is 0 Å². The predicted molar refractivity (Wildman–Crippen MR) is 79.7 cm³/mol. The number of carbonyl (C=O) groups is 2. The van der Waals surface area contributed by atoms with Crippen LogP contribution in [0.15, 0.2) is 18.2 Å². The average molecular weight is 304 g/mol. The molecule has 3 N–H and O–H groups in total. The first-order valence-electron chi connectivity index (χ1n) is 7.60. The zero-order valence-electron chi connectivity index (χ0n) is 12.3. The smallest absolute Gasteiger partial charge is 0.248 e. The molecule has 118 valence electrons. The molecule has 6 heteroatoms. The molecule has 0 aliphatic carbocycles.